The van der Waals surface area contributed by atoms with Gasteiger partial charge in [-0.1, -0.05) is 20.3 Å². The predicted molar refractivity (Wildman–Crippen MR) is 84.4 cm³/mol. The molecule has 0 bridgehead atoms. The molecule has 2 rings (SSSR count). The summed E-state index contributed by atoms with van der Waals surface area (Å²) in [5, 5.41) is 0. The highest BCUT2D eigenvalue weighted by atomic mass is 32.2. The van der Waals surface area contributed by atoms with E-state index in [9.17, 15) is 13.2 Å². The predicted octanol–water partition coefficient (Wildman–Crippen LogP) is 1.90. The molecule has 0 saturated heterocycles. The average Bonchev–Trinajstić information content (AvgIpc) is 2.53. The zero-order valence-electron chi connectivity index (χ0n) is 12.7. The minimum atomic E-state index is -3.43. The van der Waals surface area contributed by atoms with Gasteiger partial charge in [0, 0.05) is 18.8 Å². The number of aromatic nitrogens is 3. The number of hydrogen-bond acceptors (Lipinski definition) is 5. The van der Waals surface area contributed by atoms with Crippen molar-refractivity contribution in [3.63, 3.8) is 0 Å². The van der Waals surface area contributed by atoms with Crippen LogP contribution < -0.4 is 5.56 Å². The molecule has 0 saturated carbocycles. The van der Waals surface area contributed by atoms with Crippen molar-refractivity contribution in [3.05, 3.63) is 41.1 Å². The zero-order valence-corrected chi connectivity index (χ0v) is 13.5. The Hall–Kier alpha value is -2.02. The largest absolute Gasteiger partial charge is 0.299 e. The van der Waals surface area contributed by atoms with Crippen molar-refractivity contribution in [1.82, 2.24) is 14.5 Å². The number of nitrogens with zero attached hydrogens (tertiary/aromatic N) is 3. The first-order valence-electron chi connectivity index (χ1n) is 7.24. The molecule has 0 fully saturated rings. The number of aryl methyl sites for hydroxylation is 1. The molecule has 7 heteroatoms. The first-order chi connectivity index (χ1) is 10.5. The summed E-state index contributed by atoms with van der Waals surface area (Å²) in [4.78, 5) is 20.5. The van der Waals surface area contributed by atoms with E-state index in [4.69, 9.17) is 0 Å². The van der Waals surface area contributed by atoms with Crippen LogP contribution in [0.15, 0.2) is 40.4 Å². The van der Waals surface area contributed by atoms with Crippen molar-refractivity contribution in [2.24, 2.45) is 0 Å². The topological polar surface area (TPSA) is 81.9 Å². The molecule has 2 heterocycles. The van der Waals surface area contributed by atoms with Crippen molar-refractivity contribution in [2.75, 3.05) is 5.75 Å². The van der Waals surface area contributed by atoms with Crippen molar-refractivity contribution in [2.45, 2.75) is 38.1 Å². The minimum absolute atomic E-state index is 0.0285. The van der Waals surface area contributed by atoms with Crippen LogP contribution in [-0.2, 0) is 16.4 Å². The lowest BCUT2D eigenvalue weighted by atomic mass is 10.2. The molecule has 0 aliphatic rings. The SMILES string of the molecule is CCCCn1cnc(-c2ncccc2S(=O)(=O)CC)cc1=O. The Morgan fingerprint density at radius 2 is 2.00 bits per heavy atom. The number of rotatable bonds is 6. The lowest BCUT2D eigenvalue weighted by Gasteiger charge is -2.09. The van der Waals surface area contributed by atoms with Crippen LogP contribution in [0.2, 0.25) is 0 Å². The van der Waals surface area contributed by atoms with Crippen molar-refractivity contribution in [1.29, 1.82) is 0 Å². The van der Waals surface area contributed by atoms with Gasteiger partial charge in [0.25, 0.3) is 5.56 Å². The van der Waals surface area contributed by atoms with Gasteiger partial charge < -0.3 is 0 Å². The summed E-state index contributed by atoms with van der Waals surface area (Å²) in [5.41, 5.74) is 0.304. The fourth-order valence-electron chi connectivity index (χ4n) is 2.04. The van der Waals surface area contributed by atoms with Crippen LogP contribution in [-0.4, -0.2) is 28.7 Å². The zero-order chi connectivity index (χ0) is 16.2. The summed E-state index contributed by atoms with van der Waals surface area (Å²) in [6.07, 6.45) is 4.81. The van der Waals surface area contributed by atoms with Gasteiger partial charge in [0.15, 0.2) is 9.84 Å². The van der Waals surface area contributed by atoms with Gasteiger partial charge in [0.1, 0.15) is 5.69 Å². The second-order valence-electron chi connectivity index (χ2n) is 4.91. The van der Waals surface area contributed by atoms with Crippen molar-refractivity contribution >= 4 is 9.84 Å². The second-order valence-corrected chi connectivity index (χ2v) is 7.16. The van der Waals surface area contributed by atoms with Gasteiger partial charge in [-0.05, 0) is 18.6 Å². The fraction of sp³-hybridized carbons (Fsp3) is 0.400. The van der Waals surface area contributed by atoms with Gasteiger partial charge in [-0.2, -0.15) is 0 Å². The quantitative estimate of drug-likeness (QED) is 0.811. The van der Waals surface area contributed by atoms with Crippen molar-refractivity contribution in [3.8, 4) is 11.4 Å². The van der Waals surface area contributed by atoms with Crippen LogP contribution in [0, 0.1) is 0 Å². The summed E-state index contributed by atoms with van der Waals surface area (Å²) < 4.78 is 25.8. The molecule has 0 N–H and O–H groups in total. The smallest absolute Gasteiger partial charge is 0.253 e. The Balaban J connectivity index is 2.50. The highest BCUT2D eigenvalue weighted by Crippen LogP contribution is 2.23. The second kappa shape index (κ2) is 6.83. The van der Waals surface area contributed by atoms with E-state index in [2.05, 4.69) is 9.97 Å². The molecule has 0 unspecified atom stereocenters. The van der Waals surface area contributed by atoms with E-state index in [1.807, 2.05) is 6.92 Å². The molecule has 0 spiro atoms. The van der Waals surface area contributed by atoms with Crippen LogP contribution in [0.4, 0.5) is 0 Å². The Morgan fingerprint density at radius 1 is 1.23 bits per heavy atom. The van der Waals surface area contributed by atoms with Crippen LogP contribution in [0.25, 0.3) is 11.4 Å². The third-order valence-electron chi connectivity index (χ3n) is 3.36. The Morgan fingerprint density at radius 3 is 2.64 bits per heavy atom. The summed E-state index contributed by atoms with van der Waals surface area (Å²) in [6.45, 7) is 4.22. The van der Waals surface area contributed by atoms with E-state index in [0.29, 0.717) is 6.54 Å². The average molecular weight is 321 g/mol. The Bertz CT molecular complexity index is 813. The molecule has 118 valence electrons. The number of unbranched alkanes of at least 4 members (excludes halogenated alkanes) is 1. The minimum Gasteiger partial charge on any atom is -0.299 e. The molecule has 22 heavy (non-hydrogen) atoms. The maximum absolute atomic E-state index is 12.1. The molecule has 2 aromatic heterocycles. The summed E-state index contributed by atoms with van der Waals surface area (Å²) in [6, 6.07) is 4.40. The molecule has 0 aliphatic heterocycles. The van der Waals surface area contributed by atoms with E-state index >= 15 is 0 Å². The Kier molecular flexibility index (Phi) is 5.07. The summed E-state index contributed by atoms with van der Waals surface area (Å²) in [7, 11) is -3.43. The normalized spacial score (nSPS) is 11.5. The lowest BCUT2D eigenvalue weighted by Crippen LogP contribution is -2.20. The highest BCUT2D eigenvalue weighted by molar-refractivity contribution is 7.91. The van der Waals surface area contributed by atoms with Crippen LogP contribution in [0.1, 0.15) is 26.7 Å². The number of sulfone groups is 1. The van der Waals surface area contributed by atoms with Crippen LogP contribution >= 0.6 is 0 Å². The van der Waals surface area contributed by atoms with E-state index < -0.39 is 9.84 Å². The maximum atomic E-state index is 12.1. The van der Waals surface area contributed by atoms with Crippen LogP contribution in [0.3, 0.4) is 0 Å². The summed E-state index contributed by atoms with van der Waals surface area (Å²) >= 11 is 0. The summed E-state index contributed by atoms with van der Waals surface area (Å²) in [5.74, 6) is -0.0285. The first kappa shape index (κ1) is 16.4. The third-order valence-corrected chi connectivity index (χ3v) is 5.12. The highest BCUT2D eigenvalue weighted by Gasteiger charge is 2.19. The number of pyridine rings is 1. The molecular formula is C15H19N3O3S. The van der Waals surface area contributed by atoms with E-state index in [1.54, 1.807) is 13.0 Å². The molecule has 2 aromatic rings. The molecule has 0 radical (unpaired) electrons. The van der Waals surface area contributed by atoms with E-state index in [-0.39, 0.29) is 27.6 Å². The third kappa shape index (κ3) is 3.41. The van der Waals surface area contributed by atoms with Gasteiger partial charge in [0.2, 0.25) is 0 Å². The number of hydrogen-bond donors (Lipinski definition) is 0. The van der Waals surface area contributed by atoms with Gasteiger partial charge in [-0.25, -0.2) is 13.4 Å². The van der Waals surface area contributed by atoms with Crippen molar-refractivity contribution < 1.29 is 8.42 Å². The van der Waals surface area contributed by atoms with E-state index in [0.717, 1.165) is 12.8 Å². The van der Waals surface area contributed by atoms with Gasteiger partial charge in [-0.15, -0.1) is 0 Å². The maximum Gasteiger partial charge on any atom is 0.253 e. The molecule has 0 atom stereocenters. The standard InChI is InChI=1S/C15H19N3O3S/c1-3-5-9-18-11-17-12(10-14(18)19)15-13(7-6-8-16-15)22(20,21)4-2/h6-8,10-11H,3-5,9H2,1-2H3. The molecule has 0 aromatic carbocycles. The lowest BCUT2D eigenvalue weighted by molar-refractivity contribution is 0.596. The van der Waals surface area contributed by atoms with Gasteiger partial charge >= 0.3 is 0 Å². The molecule has 6 nitrogen and oxygen atoms in total. The molecule has 0 amide bonds. The van der Waals surface area contributed by atoms with Crippen LogP contribution in [0.5, 0.6) is 0 Å². The van der Waals surface area contributed by atoms with E-state index in [1.165, 1.54) is 29.2 Å². The molecule has 0 aliphatic carbocycles. The first-order valence-corrected chi connectivity index (χ1v) is 8.89. The fourth-order valence-corrected chi connectivity index (χ4v) is 3.09. The molecular weight excluding hydrogens is 302 g/mol. The monoisotopic (exact) mass is 321 g/mol. The van der Waals surface area contributed by atoms with Gasteiger partial charge in [0.05, 0.1) is 22.7 Å². The Labute approximate surface area is 129 Å². The van der Waals surface area contributed by atoms with Gasteiger partial charge in [-0.3, -0.25) is 14.3 Å².